The Labute approximate surface area is 110 Å². The van der Waals surface area contributed by atoms with Gasteiger partial charge in [0.15, 0.2) is 9.84 Å². The standard InChI is InChI=1S/C10H14N2O4S2/c1-17-6-5-11-8-3-4-9(12(13)14)10(7-8)18(2,15)16/h3-4,7,11H,5-6H2,1-2H3. The molecule has 8 heteroatoms. The zero-order valence-electron chi connectivity index (χ0n) is 10.0. The maximum absolute atomic E-state index is 11.5. The molecular weight excluding hydrogens is 276 g/mol. The van der Waals surface area contributed by atoms with E-state index in [4.69, 9.17) is 0 Å². The summed E-state index contributed by atoms with van der Waals surface area (Å²) < 4.78 is 23.0. The van der Waals surface area contributed by atoms with Crippen molar-refractivity contribution in [3.8, 4) is 0 Å². The van der Waals surface area contributed by atoms with E-state index in [1.165, 1.54) is 18.2 Å². The van der Waals surface area contributed by atoms with Crippen LogP contribution >= 0.6 is 11.8 Å². The largest absolute Gasteiger partial charge is 0.384 e. The zero-order chi connectivity index (χ0) is 13.8. The predicted octanol–water partition coefficient (Wildman–Crippen LogP) is 1.77. The molecule has 1 aromatic rings. The number of hydrogen-bond donors (Lipinski definition) is 1. The molecule has 0 aliphatic heterocycles. The molecule has 1 rings (SSSR count). The van der Waals surface area contributed by atoms with E-state index in [0.717, 1.165) is 12.0 Å². The third-order valence-electron chi connectivity index (χ3n) is 2.19. The average Bonchev–Trinajstić information content (AvgIpc) is 2.28. The normalized spacial score (nSPS) is 11.2. The van der Waals surface area contributed by atoms with Gasteiger partial charge in [0.25, 0.3) is 5.69 Å². The Morgan fingerprint density at radius 3 is 2.61 bits per heavy atom. The molecule has 0 aliphatic rings. The molecule has 0 saturated heterocycles. The molecule has 1 N–H and O–H groups in total. The molecular formula is C10H14N2O4S2. The summed E-state index contributed by atoms with van der Waals surface area (Å²) in [5, 5.41) is 13.8. The van der Waals surface area contributed by atoms with Gasteiger partial charge in [-0.15, -0.1) is 0 Å². The number of sulfone groups is 1. The summed E-state index contributed by atoms with van der Waals surface area (Å²) in [7, 11) is -3.62. The van der Waals surface area contributed by atoms with Gasteiger partial charge in [-0.3, -0.25) is 10.1 Å². The second-order valence-corrected chi connectivity index (χ2v) is 6.60. The second kappa shape index (κ2) is 6.05. The van der Waals surface area contributed by atoms with Gasteiger partial charge in [-0.25, -0.2) is 8.42 Å². The first-order chi connectivity index (χ1) is 8.36. The Bertz CT molecular complexity index is 543. The number of nitro groups is 1. The highest BCUT2D eigenvalue weighted by Gasteiger charge is 2.22. The smallest absolute Gasteiger partial charge is 0.288 e. The monoisotopic (exact) mass is 290 g/mol. The van der Waals surface area contributed by atoms with E-state index < -0.39 is 20.4 Å². The van der Waals surface area contributed by atoms with Crippen LogP contribution in [0.3, 0.4) is 0 Å². The quantitative estimate of drug-likeness (QED) is 0.488. The van der Waals surface area contributed by atoms with Gasteiger partial charge in [-0.1, -0.05) is 0 Å². The average molecular weight is 290 g/mol. The molecule has 0 radical (unpaired) electrons. The minimum Gasteiger partial charge on any atom is -0.384 e. The van der Waals surface area contributed by atoms with E-state index in [1.54, 1.807) is 11.8 Å². The molecule has 1 aromatic carbocycles. The first-order valence-electron chi connectivity index (χ1n) is 5.07. The third kappa shape index (κ3) is 3.88. The van der Waals surface area contributed by atoms with Crippen LogP contribution in [0.25, 0.3) is 0 Å². The Morgan fingerprint density at radius 2 is 2.11 bits per heavy atom. The van der Waals surface area contributed by atoms with E-state index in [9.17, 15) is 18.5 Å². The highest BCUT2D eigenvalue weighted by Crippen LogP contribution is 2.26. The number of rotatable bonds is 6. The molecule has 0 heterocycles. The summed E-state index contributed by atoms with van der Waals surface area (Å²) in [6.45, 7) is 0.669. The Morgan fingerprint density at radius 1 is 1.44 bits per heavy atom. The fourth-order valence-corrected chi connectivity index (χ4v) is 2.54. The van der Waals surface area contributed by atoms with E-state index in [-0.39, 0.29) is 4.90 Å². The van der Waals surface area contributed by atoms with Crippen molar-refractivity contribution >= 4 is 33.0 Å². The molecule has 0 atom stereocenters. The molecule has 18 heavy (non-hydrogen) atoms. The first-order valence-corrected chi connectivity index (χ1v) is 8.36. The number of nitro benzene ring substituents is 1. The van der Waals surface area contributed by atoms with Crippen LogP contribution in [-0.2, 0) is 9.84 Å². The van der Waals surface area contributed by atoms with Gasteiger partial charge in [-0.2, -0.15) is 11.8 Å². The molecule has 6 nitrogen and oxygen atoms in total. The van der Waals surface area contributed by atoms with E-state index in [0.29, 0.717) is 12.2 Å². The van der Waals surface area contributed by atoms with Gasteiger partial charge in [-0.05, 0) is 18.4 Å². The molecule has 0 spiro atoms. The van der Waals surface area contributed by atoms with Gasteiger partial charge < -0.3 is 5.32 Å². The van der Waals surface area contributed by atoms with E-state index in [1.807, 2.05) is 6.26 Å². The maximum atomic E-state index is 11.5. The number of nitrogens with zero attached hydrogens (tertiary/aromatic N) is 1. The summed E-state index contributed by atoms with van der Waals surface area (Å²) in [5.74, 6) is 0.866. The van der Waals surface area contributed by atoms with Crippen LogP contribution in [0.1, 0.15) is 0 Å². The van der Waals surface area contributed by atoms with Crippen molar-refractivity contribution in [3.05, 3.63) is 28.3 Å². The van der Waals surface area contributed by atoms with Crippen LogP contribution in [0.5, 0.6) is 0 Å². The SMILES string of the molecule is CSCCNc1ccc([N+](=O)[O-])c(S(C)(=O)=O)c1. The van der Waals surface area contributed by atoms with Gasteiger partial charge >= 0.3 is 0 Å². The van der Waals surface area contributed by atoms with Gasteiger partial charge in [0, 0.05) is 30.3 Å². The van der Waals surface area contributed by atoms with Crippen molar-refractivity contribution in [2.75, 3.05) is 30.1 Å². The number of hydrogen-bond acceptors (Lipinski definition) is 6. The van der Waals surface area contributed by atoms with Gasteiger partial charge in [0.05, 0.1) is 4.92 Å². The van der Waals surface area contributed by atoms with Crippen molar-refractivity contribution in [2.24, 2.45) is 0 Å². The summed E-state index contributed by atoms with van der Waals surface area (Å²) in [6, 6.07) is 4.01. The van der Waals surface area contributed by atoms with E-state index >= 15 is 0 Å². The Balaban J connectivity index is 3.10. The minimum absolute atomic E-state index is 0.262. The molecule has 0 fully saturated rings. The lowest BCUT2D eigenvalue weighted by molar-refractivity contribution is -0.387. The fourth-order valence-electron chi connectivity index (χ4n) is 1.37. The predicted molar refractivity (Wildman–Crippen MR) is 73.1 cm³/mol. The first kappa shape index (κ1) is 14.8. The number of nitrogens with one attached hydrogen (secondary N) is 1. The van der Waals surface area contributed by atoms with Crippen molar-refractivity contribution in [1.82, 2.24) is 0 Å². The Kier molecular flexibility index (Phi) is 4.97. The third-order valence-corrected chi connectivity index (χ3v) is 3.93. The van der Waals surface area contributed by atoms with Crippen LogP contribution in [0, 0.1) is 10.1 Å². The van der Waals surface area contributed by atoms with E-state index in [2.05, 4.69) is 5.32 Å². The summed E-state index contributed by atoms with van der Waals surface area (Å²) in [4.78, 5) is 9.80. The highest BCUT2D eigenvalue weighted by atomic mass is 32.2. The zero-order valence-corrected chi connectivity index (χ0v) is 11.7. The molecule has 0 bridgehead atoms. The summed E-state index contributed by atoms with van der Waals surface area (Å²) in [5.41, 5.74) is 0.169. The lowest BCUT2D eigenvalue weighted by Crippen LogP contribution is -2.07. The van der Waals surface area contributed by atoms with Crippen LogP contribution < -0.4 is 5.32 Å². The summed E-state index contributed by atoms with van der Waals surface area (Å²) >= 11 is 1.65. The van der Waals surface area contributed by atoms with Crippen LogP contribution in [0.4, 0.5) is 11.4 Å². The van der Waals surface area contributed by atoms with Crippen molar-refractivity contribution in [2.45, 2.75) is 4.90 Å². The van der Waals surface area contributed by atoms with Crippen molar-refractivity contribution in [1.29, 1.82) is 0 Å². The molecule has 100 valence electrons. The Hall–Kier alpha value is -1.28. The van der Waals surface area contributed by atoms with Crippen molar-refractivity contribution in [3.63, 3.8) is 0 Å². The van der Waals surface area contributed by atoms with Crippen LogP contribution in [0.15, 0.2) is 23.1 Å². The van der Waals surface area contributed by atoms with Crippen LogP contribution in [-0.4, -0.2) is 38.2 Å². The highest BCUT2D eigenvalue weighted by molar-refractivity contribution is 7.98. The molecule has 0 amide bonds. The topological polar surface area (TPSA) is 89.3 Å². The molecule has 0 saturated carbocycles. The lowest BCUT2D eigenvalue weighted by atomic mass is 10.3. The van der Waals surface area contributed by atoms with Crippen molar-refractivity contribution < 1.29 is 13.3 Å². The summed E-state index contributed by atoms with van der Waals surface area (Å²) in [6.07, 6.45) is 2.92. The minimum atomic E-state index is -3.62. The second-order valence-electron chi connectivity index (χ2n) is 3.63. The number of anilines is 1. The fraction of sp³-hybridized carbons (Fsp3) is 0.400. The molecule has 0 aliphatic carbocycles. The van der Waals surface area contributed by atoms with Crippen LogP contribution in [0.2, 0.25) is 0 Å². The number of thioether (sulfide) groups is 1. The lowest BCUT2D eigenvalue weighted by Gasteiger charge is -2.07. The van der Waals surface area contributed by atoms with Gasteiger partial charge in [0.1, 0.15) is 4.90 Å². The molecule has 0 unspecified atom stereocenters. The molecule has 0 aromatic heterocycles. The van der Waals surface area contributed by atoms with Gasteiger partial charge in [0.2, 0.25) is 0 Å². The maximum Gasteiger partial charge on any atom is 0.288 e. The number of benzene rings is 1.